The molecule has 0 bridgehead atoms. The minimum atomic E-state index is -3.22. The van der Waals surface area contributed by atoms with E-state index in [1.54, 1.807) is 18.2 Å². The van der Waals surface area contributed by atoms with Gasteiger partial charge in [-0.1, -0.05) is 23.2 Å². The van der Waals surface area contributed by atoms with Crippen molar-refractivity contribution < 1.29 is 13.2 Å². The van der Waals surface area contributed by atoms with Crippen molar-refractivity contribution in [3.8, 4) is 0 Å². The minimum Gasteiger partial charge on any atom is -0.371 e. The number of imidazole rings is 1. The van der Waals surface area contributed by atoms with Gasteiger partial charge in [-0.2, -0.15) is 0 Å². The first-order chi connectivity index (χ1) is 16.5. The molecule has 8 nitrogen and oxygen atoms in total. The maximum Gasteiger partial charge on any atom is 0.221 e. The molecule has 0 atom stereocenters. The first-order valence-electron chi connectivity index (χ1n) is 11.4. The van der Waals surface area contributed by atoms with Crippen molar-refractivity contribution in [1.82, 2.24) is 9.55 Å². The number of benzene rings is 2. The Balaban J connectivity index is 1.66. The molecule has 1 amide bonds. The zero-order chi connectivity index (χ0) is 25.5. The Hall–Kier alpha value is -2.49. The highest BCUT2D eigenvalue weighted by atomic mass is 35.5. The van der Waals surface area contributed by atoms with E-state index in [1.807, 2.05) is 26.0 Å². The number of nitrogens with zero attached hydrogens (tertiary/aromatic N) is 3. The fraction of sp³-hybridized carbons (Fsp3) is 0.417. The molecule has 1 aliphatic rings. The van der Waals surface area contributed by atoms with Crippen LogP contribution >= 0.6 is 23.2 Å². The third kappa shape index (κ3) is 5.37. The summed E-state index contributed by atoms with van der Waals surface area (Å²) in [6.07, 6.45) is 2.91. The SMILES string of the molecule is CC(=O)Nc1c(Cl)c(Cl)cc2c1nc(NC(C)C)n2C1CCN(c2ccc(S(C)(=O)=O)cc2)CC1. The number of anilines is 3. The summed E-state index contributed by atoms with van der Waals surface area (Å²) < 4.78 is 25.7. The number of piperidine rings is 1. The highest BCUT2D eigenvalue weighted by Gasteiger charge is 2.27. The number of aromatic nitrogens is 2. The maximum absolute atomic E-state index is 11.8. The Morgan fingerprint density at radius 3 is 2.31 bits per heavy atom. The minimum absolute atomic E-state index is 0.147. The van der Waals surface area contributed by atoms with E-state index in [2.05, 4.69) is 20.1 Å². The Kier molecular flexibility index (Phi) is 7.22. The molecule has 0 unspecified atom stereocenters. The lowest BCUT2D eigenvalue weighted by Crippen LogP contribution is -2.35. The first-order valence-corrected chi connectivity index (χ1v) is 14.1. The third-order valence-electron chi connectivity index (χ3n) is 6.06. The van der Waals surface area contributed by atoms with Gasteiger partial charge in [0.1, 0.15) is 5.52 Å². The van der Waals surface area contributed by atoms with E-state index in [0.717, 1.165) is 37.1 Å². The fourth-order valence-corrected chi connectivity index (χ4v) is 5.50. The van der Waals surface area contributed by atoms with E-state index in [9.17, 15) is 13.2 Å². The summed E-state index contributed by atoms with van der Waals surface area (Å²) in [5, 5.41) is 6.83. The lowest BCUT2D eigenvalue weighted by Gasteiger charge is -2.35. The van der Waals surface area contributed by atoms with Crippen LogP contribution in [0, 0.1) is 0 Å². The first kappa shape index (κ1) is 25.6. The zero-order valence-electron chi connectivity index (χ0n) is 20.1. The van der Waals surface area contributed by atoms with Crippen molar-refractivity contribution in [3.63, 3.8) is 0 Å². The predicted octanol–water partition coefficient (Wildman–Crippen LogP) is 5.37. The van der Waals surface area contributed by atoms with E-state index in [1.165, 1.54) is 13.2 Å². The highest BCUT2D eigenvalue weighted by molar-refractivity contribution is 7.90. The number of amides is 1. The van der Waals surface area contributed by atoms with E-state index in [-0.39, 0.29) is 23.0 Å². The van der Waals surface area contributed by atoms with E-state index < -0.39 is 9.84 Å². The van der Waals surface area contributed by atoms with Gasteiger partial charge in [-0.15, -0.1) is 0 Å². The summed E-state index contributed by atoms with van der Waals surface area (Å²) in [4.78, 5) is 19.2. The molecule has 2 aromatic carbocycles. The number of hydrogen-bond donors (Lipinski definition) is 2. The van der Waals surface area contributed by atoms with Crippen LogP contribution in [-0.2, 0) is 14.6 Å². The Morgan fingerprint density at radius 2 is 1.77 bits per heavy atom. The monoisotopic (exact) mass is 537 g/mol. The predicted molar refractivity (Wildman–Crippen MR) is 143 cm³/mol. The quantitative estimate of drug-likeness (QED) is 0.438. The fourth-order valence-electron chi connectivity index (χ4n) is 4.48. The van der Waals surface area contributed by atoms with Gasteiger partial charge in [0, 0.05) is 44.0 Å². The van der Waals surface area contributed by atoms with Gasteiger partial charge in [0.2, 0.25) is 11.9 Å². The molecule has 0 aliphatic carbocycles. The zero-order valence-corrected chi connectivity index (χ0v) is 22.4. The van der Waals surface area contributed by atoms with Gasteiger partial charge >= 0.3 is 0 Å². The molecule has 0 radical (unpaired) electrons. The molecule has 1 fully saturated rings. The summed E-state index contributed by atoms with van der Waals surface area (Å²) in [6.45, 7) is 7.10. The normalized spacial score (nSPS) is 15.1. The lowest BCUT2D eigenvalue weighted by atomic mass is 10.0. The molecule has 11 heteroatoms. The van der Waals surface area contributed by atoms with Crippen molar-refractivity contribution in [1.29, 1.82) is 0 Å². The van der Waals surface area contributed by atoms with Crippen molar-refractivity contribution in [2.24, 2.45) is 0 Å². The van der Waals surface area contributed by atoms with Crippen LogP contribution in [0.25, 0.3) is 11.0 Å². The van der Waals surface area contributed by atoms with Crippen LogP contribution in [-0.4, -0.2) is 49.3 Å². The van der Waals surface area contributed by atoms with Crippen LogP contribution in [0.1, 0.15) is 39.7 Å². The summed E-state index contributed by atoms with van der Waals surface area (Å²) in [5.74, 6) is 0.453. The molecule has 1 saturated heterocycles. The van der Waals surface area contributed by atoms with E-state index in [4.69, 9.17) is 28.2 Å². The van der Waals surface area contributed by atoms with Crippen molar-refractivity contribution in [2.75, 3.05) is 34.9 Å². The standard InChI is InChI=1S/C24H29Cl2N5O3S/c1-14(2)27-24-29-22-20(13-19(25)21(26)23(22)28-15(3)32)31(24)17-9-11-30(12-10-17)16-5-7-18(8-6-16)35(4,33)34/h5-8,13-14,17H,9-12H2,1-4H3,(H,27,29)(H,28,32). The Labute approximate surface area is 215 Å². The van der Waals surface area contributed by atoms with Crippen LogP contribution in [0.2, 0.25) is 10.0 Å². The molecular weight excluding hydrogens is 509 g/mol. The van der Waals surface area contributed by atoms with Crippen molar-refractivity contribution in [2.45, 2.75) is 50.6 Å². The second-order valence-corrected chi connectivity index (χ2v) is 12.0. The van der Waals surface area contributed by atoms with Crippen LogP contribution in [0.15, 0.2) is 35.2 Å². The van der Waals surface area contributed by atoms with Gasteiger partial charge in [0.25, 0.3) is 0 Å². The van der Waals surface area contributed by atoms with Gasteiger partial charge in [-0.3, -0.25) is 4.79 Å². The molecule has 0 spiro atoms. The molecule has 2 N–H and O–H groups in total. The maximum atomic E-state index is 11.8. The highest BCUT2D eigenvalue weighted by Crippen LogP contribution is 2.41. The molecule has 3 aromatic rings. The summed E-state index contributed by atoms with van der Waals surface area (Å²) in [6, 6.07) is 9.12. The Bertz CT molecular complexity index is 1360. The molecule has 188 valence electrons. The number of fused-ring (bicyclic) bond motifs is 1. The van der Waals surface area contributed by atoms with Gasteiger partial charge in [-0.25, -0.2) is 13.4 Å². The van der Waals surface area contributed by atoms with Crippen LogP contribution in [0.4, 0.5) is 17.3 Å². The molecule has 1 aromatic heterocycles. The number of carbonyl (C=O) groups is 1. The number of rotatable bonds is 6. The summed E-state index contributed by atoms with van der Waals surface area (Å²) in [7, 11) is -3.22. The third-order valence-corrected chi connectivity index (χ3v) is 7.97. The summed E-state index contributed by atoms with van der Waals surface area (Å²) in [5.41, 5.74) is 2.81. The van der Waals surface area contributed by atoms with Crippen LogP contribution in [0.3, 0.4) is 0 Å². The molecule has 35 heavy (non-hydrogen) atoms. The molecule has 0 saturated carbocycles. The number of sulfone groups is 1. The Morgan fingerprint density at radius 1 is 1.14 bits per heavy atom. The van der Waals surface area contributed by atoms with Crippen molar-refractivity contribution >= 4 is 67.3 Å². The molecule has 4 rings (SSSR count). The second-order valence-electron chi connectivity index (χ2n) is 9.19. The topological polar surface area (TPSA) is 96.3 Å². The number of hydrogen-bond acceptors (Lipinski definition) is 6. The number of halogens is 2. The average molecular weight is 539 g/mol. The van der Waals surface area contributed by atoms with Gasteiger partial charge in [-0.05, 0) is 57.0 Å². The molecule has 1 aliphatic heterocycles. The number of nitrogens with one attached hydrogen (secondary N) is 2. The largest absolute Gasteiger partial charge is 0.371 e. The van der Waals surface area contributed by atoms with Crippen LogP contribution in [0.5, 0.6) is 0 Å². The average Bonchev–Trinajstić information content (AvgIpc) is 3.13. The number of carbonyl (C=O) groups excluding carboxylic acids is 1. The van der Waals surface area contributed by atoms with Gasteiger partial charge < -0.3 is 20.1 Å². The van der Waals surface area contributed by atoms with Crippen LogP contribution < -0.4 is 15.5 Å². The van der Waals surface area contributed by atoms with Gasteiger partial charge in [0.15, 0.2) is 9.84 Å². The smallest absolute Gasteiger partial charge is 0.221 e. The van der Waals surface area contributed by atoms with E-state index >= 15 is 0 Å². The molecular formula is C24H29Cl2N5O3S. The molecule has 2 heterocycles. The van der Waals surface area contributed by atoms with Gasteiger partial charge in [0.05, 0.1) is 26.1 Å². The second kappa shape index (κ2) is 9.87. The lowest BCUT2D eigenvalue weighted by molar-refractivity contribution is -0.114. The van der Waals surface area contributed by atoms with E-state index in [0.29, 0.717) is 27.1 Å². The summed E-state index contributed by atoms with van der Waals surface area (Å²) >= 11 is 12.9. The van der Waals surface area contributed by atoms with Crippen molar-refractivity contribution in [3.05, 3.63) is 40.4 Å².